The summed E-state index contributed by atoms with van der Waals surface area (Å²) in [5, 5.41) is 0. The Labute approximate surface area is 98.5 Å². The van der Waals surface area contributed by atoms with Gasteiger partial charge in [0.1, 0.15) is 0 Å². The van der Waals surface area contributed by atoms with E-state index < -0.39 is 0 Å². The number of hydrogen-bond donors (Lipinski definition) is 1. The molecule has 0 saturated heterocycles. The van der Waals surface area contributed by atoms with Crippen LogP contribution in [0.15, 0.2) is 35.9 Å². The maximum Gasteiger partial charge on any atom is 0.0510 e. The third-order valence-corrected chi connectivity index (χ3v) is 3.42. The molecule has 0 heterocycles. The van der Waals surface area contributed by atoms with Gasteiger partial charge in [0, 0.05) is 3.57 Å². The molecule has 1 aromatic carbocycles. The van der Waals surface area contributed by atoms with E-state index >= 15 is 0 Å². The van der Waals surface area contributed by atoms with Gasteiger partial charge in [0.15, 0.2) is 0 Å². The van der Waals surface area contributed by atoms with E-state index in [2.05, 4.69) is 52.9 Å². The van der Waals surface area contributed by atoms with Gasteiger partial charge in [-0.05, 0) is 59.5 Å². The first kappa shape index (κ1) is 10.2. The quantitative estimate of drug-likeness (QED) is 0.657. The summed E-state index contributed by atoms with van der Waals surface area (Å²) in [4.78, 5) is 0. The zero-order valence-corrected chi connectivity index (χ0v) is 10.2. The number of rotatable bonds is 2. The monoisotopic (exact) mass is 299 g/mol. The molecule has 1 atom stereocenters. The van der Waals surface area contributed by atoms with Crippen molar-refractivity contribution < 1.29 is 0 Å². The summed E-state index contributed by atoms with van der Waals surface area (Å²) in [6.45, 7) is 0. The first-order chi connectivity index (χ1) is 6.77. The largest absolute Gasteiger partial charge is 0.321 e. The number of nitrogens with two attached hydrogens (primary N) is 1. The van der Waals surface area contributed by atoms with E-state index in [4.69, 9.17) is 5.73 Å². The SMILES string of the molecule is NC(C1=CCCC1)c1ccc(I)cc1. The van der Waals surface area contributed by atoms with Crippen molar-refractivity contribution in [2.45, 2.75) is 25.3 Å². The van der Waals surface area contributed by atoms with Crippen LogP contribution >= 0.6 is 22.6 Å². The smallest absolute Gasteiger partial charge is 0.0510 e. The molecule has 74 valence electrons. The summed E-state index contributed by atoms with van der Waals surface area (Å²) in [5.74, 6) is 0. The van der Waals surface area contributed by atoms with Crippen molar-refractivity contribution in [1.82, 2.24) is 0 Å². The van der Waals surface area contributed by atoms with Crippen LogP contribution in [0.1, 0.15) is 30.9 Å². The van der Waals surface area contributed by atoms with Gasteiger partial charge in [0.05, 0.1) is 6.04 Å². The Bertz CT molecular complexity index is 340. The second-order valence-corrected chi connectivity index (χ2v) is 4.95. The highest BCUT2D eigenvalue weighted by atomic mass is 127. The summed E-state index contributed by atoms with van der Waals surface area (Å²) in [7, 11) is 0. The van der Waals surface area contributed by atoms with Crippen LogP contribution in [0.5, 0.6) is 0 Å². The standard InChI is InChI=1S/C12H14IN/c13-11-7-5-10(6-8-11)12(14)9-3-1-2-4-9/h3,5-8,12H,1-2,4,14H2. The van der Waals surface area contributed by atoms with Gasteiger partial charge in [-0.1, -0.05) is 23.8 Å². The highest BCUT2D eigenvalue weighted by molar-refractivity contribution is 14.1. The van der Waals surface area contributed by atoms with Gasteiger partial charge < -0.3 is 5.73 Å². The van der Waals surface area contributed by atoms with Gasteiger partial charge in [0.25, 0.3) is 0 Å². The molecule has 2 heteroatoms. The average molecular weight is 299 g/mol. The second kappa shape index (κ2) is 4.45. The summed E-state index contributed by atoms with van der Waals surface area (Å²) in [6, 6.07) is 8.61. The molecule has 1 nitrogen and oxygen atoms in total. The lowest BCUT2D eigenvalue weighted by atomic mass is 9.99. The summed E-state index contributed by atoms with van der Waals surface area (Å²) < 4.78 is 1.26. The summed E-state index contributed by atoms with van der Waals surface area (Å²) in [6.07, 6.45) is 5.94. The van der Waals surface area contributed by atoms with E-state index in [-0.39, 0.29) is 6.04 Å². The van der Waals surface area contributed by atoms with Crippen molar-refractivity contribution in [1.29, 1.82) is 0 Å². The first-order valence-electron chi connectivity index (χ1n) is 4.97. The van der Waals surface area contributed by atoms with Crippen molar-refractivity contribution >= 4 is 22.6 Å². The lowest BCUT2D eigenvalue weighted by Gasteiger charge is -2.13. The fraction of sp³-hybridized carbons (Fsp3) is 0.333. The molecule has 0 aliphatic heterocycles. The Hall–Kier alpha value is -0.350. The number of allylic oxidation sites excluding steroid dienone is 1. The Kier molecular flexibility index (Phi) is 3.23. The molecule has 1 aliphatic carbocycles. The van der Waals surface area contributed by atoms with Gasteiger partial charge in [-0.3, -0.25) is 0 Å². The van der Waals surface area contributed by atoms with Gasteiger partial charge in [0.2, 0.25) is 0 Å². The Morgan fingerprint density at radius 2 is 1.93 bits per heavy atom. The summed E-state index contributed by atoms with van der Waals surface area (Å²) in [5.41, 5.74) is 8.82. The van der Waals surface area contributed by atoms with Crippen LogP contribution in [0.3, 0.4) is 0 Å². The zero-order valence-electron chi connectivity index (χ0n) is 8.04. The number of hydrogen-bond acceptors (Lipinski definition) is 1. The van der Waals surface area contributed by atoms with E-state index in [1.807, 2.05) is 0 Å². The molecule has 0 radical (unpaired) electrons. The highest BCUT2D eigenvalue weighted by Gasteiger charge is 2.14. The van der Waals surface area contributed by atoms with Crippen molar-refractivity contribution in [3.8, 4) is 0 Å². The van der Waals surface area contributed by atoms with Crippen LogP contribution < -0.4 is 5.73 Å². The van der Waals surface area contributed by atoms with Gasteiger partial charge in [-0.15, -0.1) is 0 Å². The molecule has 0 saturated carbocycles. The molecule has 2 rings (SSSR count). The zero-order chi connectivity index (χ0) is 9.97. The second-order valence-electron chi connectivity index (χ2n) is 3.70. The highest BCUT2D eigenvalue weighted by Crippen LogP contribution is 2.28. The van der Waals surface area contributed by atoms with Crippen molar-refractivity contribution in [3.05, 3.63) is 45.0 Å². The maximum atomic E-state index is 6.18. The minimum Gasteiger partial charge on any atom is -0.321 e. The Balaban J connectivity index is 2.18. The molecule has 1 aromatic rings. The minimum atomic E-state index is 0.120. The molecule has 0 aromatic heterocycles. The topological polar surface area (TPSA) is 26.0 Å². The Morgan fingerprint density at radius 3 is 2.50 bits per heavy atom. The van der Waals surface area contributed by atoms with E-state index in [0.29, 0.717) is 0 Å². The maximum absolute atomic E-state index is 6.18. The fourth-order valence-corrected chi connectivity index (χ4v) is 2.22. The number of halogens is 1. The van der Waals surface area contributed by atoms with E-state index in [9.17, 15) is 0 Å². The first-order valence-corrected chi connectivity index (χ1v) is 6.05. The van der Waals surface area contributed by atoms with Gasteiger partial charge in [-0.25, -0.2) is 0 Å². The van der Waals surface area contributed by atoms with Gasteiger partial charge >= 0.3 is 0 Å². The normalized spacial score (nSPS) is 18.0. The van der Waals surface area contributed by atoms with Crippen molar-refractivity contribution in [2.24, 2.45) is 5.73 Å². The molecule has 0 amide bonds. The Morgan fingerprint density at radius 1 is 1.21 bits per heavy atom. The van der Waals surface area contributed by atoms with Crippen LogP contribution in [-0.2, 0) is 0 Å². The molecule has 14 heavy (non-hydrogen) atoms. The lowest BCUT2D eigenvalue weighted by molar-refractivity contribution is 0.784. The average Bonchev–Trinajstić information content (AvgIpc) is 2.71. The molecule has 0 fully saturated rings. The molecule has 0 bridgehead atoms. The van der Waals surface area contributed by atoms with E-state index in [0.717, 1.165) is 0 Å². The van der Waals surface area contributed by atoms with E-state index in [1.165, 1.54) is 34.0 Å². The van der Waals surface area contributed by atoms with Crippen molar-refractivity contribution in [2.75, 3.05) is 0 Å². The van der Waals surface area contributed by atoms with Crippen LogP contribution in [0.4, 0.5) is 0 Å². The molecule has 0 spiro atoms. The fourth-order valence-electron chi connectivity index (χ4n) is 1.86. The third kappa shape index (κ3) is 2.17. The van der Waals surface area contributed by atoms with Crippen LogP contribution in [0.25, 0.3) is 0 Å². The number of benzene rings is 1. The molecule has 2 N–H and O–H groups in total. The lowest BCUT2D eigenvalue weighted by Crippen LogP contribution is -2.11. The molecular formula is C12H14IN. The van der Waals surface area contributed by atoms with Crippen LogP contribution in [0.2, 0.25) is 0 Å². The molecule has 1 unspecified atom stereocenters. The summed E-state index contributed by atoms with van der Waals surface area (Å²) >= 11 is 2.31. The van der Waals surface area contributed by atoms with Crippen LogP contribution in [0, 0.1) is 3.57 Å². The van der Waals surface area contributed by atoms with Gasteiger partial charge in [-0.2, -0.15) is 0 Å². The van der Waals surface area contributed by atoms with E-state index in [1.54, 1.807) is 0 Å². The molecule has 1 aliphatic rings. The third-order valence-electron chi connectivity index (χ3n) is 2.70. The predicted molar refractivity (Wildman–Crippen MR) is 68.0 cm³/mol. The minimum absolute atomic E-state index is 0.120. The van der Waals surface area contributed by atoms with Crippen LogP contribution in [-0.4, -0.2) is 0 Å². The predicted octanol–water partition coefficient (Wildman–Crippen LogP) is 3.40. The van der Waals surface area contributed by atoms with Crippen molar-refractivity contribution in [3.63, 3.8) is 0 Å². The molecular weight excluding hydrogens is 285 g/mol.